The highest BCUT2D eigenvalue weighted by atomic mass is 16.5. The third kappa shape index (κ3) is 4.62. The van der Waals surface area contributed by atoms with Gasteiger partial charge in [-0.05, 0) is 37.9 Å². The molecule has 1 aromatic heterocycles. The second-order valence-corrected chi connectivity index (χ2v) is 5.30. The summed E-state index contributed by atoms with van der Waals surface area (Å²) in [5, 5.41) is 19.4. The average molecular weight is 269 g/mol. The fraction of sp³-hybridized carbons (Fsp3) is 0.714. The van der Waals surface area contributed by atoms with Crippen molar-refractivity contribution in [3.8, 4) is 0 Å². The van der Waals surface area contributed by atoms with E-state index in [0.717, 1.165) is 25.3 Å². The van der Waals surface area contributed by atoms with Crippen molar-refractivity contribution < 1.29 is 19.4 Å². The predicted octanol–water partition coefficient (Wildman–Crippen LogP) is 0.860. The Hall–Kier alpha value is -0.880. The predicted molar refractivity (Wildman–Crippen MR) is 70.6 cm³/mol. The highest BCUT2D eigenvalue weighted by Gasteiger charge is 2.26. The highest BCUT2D eigenvalue weighted by molar-refractivity contribution is 4.96. The van der Waals surface area contributed by atoms with Crippen molar-refractivity contribution in [2.45, 2.75) is 32.2 Å². The van der Waals surface area contributed by atoms with Crippen LogP contribution in [0.15, 0.2) is 22.8 Å². The van der Waals surface area contributed by atoms with Crippen molar-refractivity contribution in [1.29, 1.82) is 0 Å². The first-order chi connectivity index (χ1) is 9.15. The summed E-state index contributed by atoms with van der Waals surface area (Å²) in [7, 11) is 0. The molecule has 0 spiro atoms. The number of furan rings is 1. The van der Waals surface area contributed by atoms with Gasteiger partial charge >= 0.3 is 0 Å². The molecule has 1 aromatic rings. The first kappa shape index (κ1) is 14.5. The topological polar surface area (TPSA) is 66.1 Å². The molecule has 0 aliphatic carbocycles. The minimum absolute atomic E-state index is 0.266. The quantitative estimate of drug-likeness (QED) is 0.768. The van der Waals surface area contributed by atoms with Crippen LogP contribution < -0.4 is 0 Å². The van der Waals surface area contributed by atoms with Gasteiger partial charge in [0.15, 0.2) is 0 Å². The SMILES string of the molecule is CC(O)C1CCN(CC(O)COCc2ccco2)C1. The van der Waals surface area contributed by atoms with Crippen LogP contribution in [-0.2, 0) is 11.3 Å². The Balaban J connectivity index is 1.61. The van der Waals surface area contributed by atoms with Crippen LogP contribution in [0.3, 0.4) is 0 Å². The van der Waals surface area contributed by atoms with Crippen LogP contribution in [0.5, 0.6) is 0 Å². The number of aliphatic hydroxyl groups is 2. The Labute approximate surface area is 113 Å². The van der Waals surface area contributed by atoms with E-state index in [-0.39, 0.29) is 6.10 Å². The summed E-state index contributed by atoms with van der Waals surface area (Å²) in [4.78, 5) is 2.18. The Kier molecular flexibility index (Phi) is 5.39. The molecule has 0 radical (unpaired) electrons. The van der Waals surface area contributed by atoms with Crippen molar-refractivity contribution in [2.24, 2.45) is 5.92 Å². The highest BCUT2D eigenvalue weighted by Crippen LogP contribution is 2.19. The van der Waals surface area contributed by atoms with Gasteiger partial charge in [-0.1, -0.05) is 0 Å². The maximum atomic E-state index is 9.90. The zero-order valence-corrected chi connectivity index (χ0v) is 11.4. The summed E-state index contributed by atoms with van der Waals surface area (Å²) >= 11 is 0. The molecule has 1 aliphatic heterocycles. The van der Waals surface area contributed by atoms with Crippen molar-refractivity contribution in [3.63, 3.8) is 0 Å². The van der Waals surface area contributed by atoms with Gasteiger partial charge in [-0.2, -0.15) is 0 Å². The van der Waals surface area contributed by atoms with Crippen LogP contribution in [0.4, 0.5) is 0 Å². The smallest absolute Gasteiger partial charge is 0.129 e. The Morgan fingerprint density at radius 2 is 2.37 bits per heavy atom. The lowest BCUT2D eigenvalue weighted by Gasteiger charge is -2.20. The Morgan fingerprint density at radius 1 is 1.53 bits per heavy atom. The molecule has 2 N–H and O–H groups in total. The maximum Gasteiger partial charge on any atom is 0.129 e. The first-order valence-electron chi connectivity index (χ1n) is 6.83. The third-order valence-electron chi connectivity index (χ3n) is 3.59. The molecule has 0 bridgehead atoms. The lowest BCUT2D eigenvalue weighted by molar-refractivity contribution is 0.00687. The monoisotopic (exact) mass is 269 g/mol. The van der Waals surface area contributed by atoms with E-state index in [1.165, 1.54) is 0 Å². The third-order valence-corrected chi connectivity index (χ3v) is 3.59. The summed E-state index contributed by atoms with van der Waals surface area (Å²) in [6, 6.07) is 3.66. The van der Waals surface area contributed by atoms with Gasteiger partial charge < -0.3 is 24.3 Å². The molecule has 5 nitrogen and oxygen atoms in total. The van der Waals surface area contributed by atoms with Crippen LogP contribution in [0.2, 0.25) is 0 Å². The van der Waals surface area contributed by atoms with E-state index >= 15 is 0 Å². The largest absolute Gasteiger partial charge is 0.467 e. The molecule has 1 fully saturated rings. The van der Waals surface area contributed by atoms with Crippen molar-refractivity contribution in [1.82, 2.24) is 4.90 Å². The first-order valence-corrected chi connectivity index (χ1v) is 6.83. The molecule has 1 saturated heterocycles. The number of aliphatic hydroxyl groups excluding tert-OH is 2. The minimum Gasteiger partial charge on any atom is -0.467 e. The van der Waals surface area contributed by atoms with E-state index in [1.54, 1.807) is 6.26 Å². The number of hydrogen-bond acceptors (Lipinski definition) is 5. The van der Waals surface area contributed by atoms with Gasteiger partial charge in [0, 0.05) is 13.1 Å². The van der Waals surface area contributed by atoms with Crippen LogP contribution in [0, 0.1) is 5.92 Å². The summed E-state index contributed by atoms with van der Waals surface area (Å²) < 4.78 is 10.5. The number of ether oxygens (including phenoxy) is 1. The lowest BCUT2D eigenvalue weighted by atomic mass is 10.0. The second-order valence-electron chi connectivity index (χ2n) is 5.30. The summed E-state index contributed by atoms with van der Waals surface area (Å²) in [5.41, 5.74) is 0. The van der Waals surface area contributed by atoms with Crippen molar-refractivity contribution >= 4 is 0 Å². The van der Waals surface area contributed by atoms with Gasteiger partial charge in [-0.15, -0.1) is 0 Å². The summed E-state index contributed by atoms with van der Waals surface area (Å²) in [5.74, 6) is 1.10. The zero-order valence-electron chi connectivity index (χ0n) is 11.4. The van der Waals surface area contributed by atoms with Crippen LogP contribution in [0.25, 0.3) is 0 Å². The molecular weight excluding hydrogens is 246 g/mol. The molecule has 19 heavy (non-hydrogen) atoms. The average Bonchev–Trinajstić information content (AvgIpc) is 3.00. The fourth-order valence-electron chi connectivity index (χ4n) is 2.46. The molecule has 2 rings (SSSR count). The number of β-amino-alcohol motifs (C(OH)–C–C–N with tert-alkyl or cyclic N) is 1. The van der Waals surface area contributed by atoms with E-state index < -0.39 is 6.10 Å². The molecule has 1 aliphatic rings. The Bertz CT molecular complexity index is 352. The fourth-order valence-corrected chi connectivity index (χ4v) is 2.46. The van der Waals surface area contributed by atoms with Crippen molar-refractivity contribution in [3.05, 3.63) is 24.2 Å². The van der Waals surface area contributed by atoms with Crippen molar-refractivity contribution in [2.75, 3.05) is 26.2 Å². The van der Waals surface area contributed by atoms with E-state index in [0.29, 0.717) is 25.7 Å². The van der Waals surface area contributed by atoms with Crippen LogP contribution >= 0.6 is 0 Å². The number of nitrogens with zero attached hydrogens (tertiary/aromatic N) is 1. The molecule has 3 atom stereocenters. The lowest BCUT2D eigenvalue weighted by Crippen LogP contribution is -2.34. The van der Waals surface area contributed by atoms with E-state index in [2.05, 4.69) is 4.90 Å². The number of hydrogen-bond donors (Lipinski definition) is 2. The van der Waals surface area contributed by atoms with Gasteiger partial charge in [0.2, 0.25) is 0 Å². The van der Waals surface area contributed by atoms with Crippen LogP contribution in [-0.4, -0.2) is 53.6 Å². The summed E-state index contributed by atoms with van der Waals surface area (Å²) in [6.07, 6.45) is 1.84. The van der Waals surface area contributed by atoms with Gasteiger partial charge in [-0.3, -0.25) is 0 Å². The molecule has 5 heteroatoms. The number of rotatable bonds is 7. The van der Waals surface area contributed by atoms with Gasteiger partial charge in [0.1, 0.15) is 12.4 Å². The second kappa shape index (κ2) is 7.05. The standard InChI is InChI=1S/C14H23NO4/c1-11(16)12-4-5-15(7-12)8-13(17)9-18-10-14-3-2-6-19-14/h2-3,6,11-13,16-17H,4-5,7-10H2,1H3. The van der Waals surface area contributed by atoms with Gasteiger partial charge in [0.25, 0.3) is 0 Å². The maximum absolute atomic E-state index is 9.90. The normalized spacial score (nSPS) is 23.6. The molecule has 108 valence electrons. The molecule has 0 saturated carbocycles. The van der Waals surface area contributed by atoms with Crippen LogP contribution in [0.1, 0.15) is 19.1 Å². The number of likely N-dealkylation sites (tertiary alicyclic amines) is 1. The molecular formula is C14H23NO4. The summed E-state index contributed by atoms with van der Waals surface area (Å²) in [6.45, 7) is 4.91. The molecule has 0 aromatic carbocycles. The Morgan fingerprint density at radius 3 is 3.00 bits per heavy atom. The van der Waals surface area contributed by atoms with E-state index in [4.69, 9.17) is 9.15 Å². The molecule has 2 heterocycles. The molecule has 3 unspecified atom stereocenters. The minimum atomic E-state index is -0.497. The zero-order chi connectivity index (χ0) is 13.7. The van der Waals surface area contributed by atoms with Gasteiger partial charge in [0.05, 0.1) is 25.1 Å². The van der Waals surface area contributed by atoms with E-state index in [1.807, 2.05) is 19.1 Å². The van der Waals surface area contributed by atoms with E-state index in [9.17, 15) is 10.2 Å². The van der Waals surface area contributed by atoms with Gasteiger partial charge in [-0.25, -0.2) is 0 Å². The molecule has 0 amide bonds.